The summed E-state index contributed by atoms with van der Waals surface area (Å²) in [6.45, 7) is 3.72. The van der Waals surface area contributed by atoms with Crippen molar-refractivity contribution in [3.8, 4) is 11.3 Å². The van der Waals surface area contributed by atoms with E-state index in [4.69, 9.17) is 5.10 Å². The summed E-state index contributed by atoms with van der Waals surface area (Å²) < 4.78 is 1.74. The molecule has 0 bridgehead atoms. The van der Waals surface area contributed by atoms with Gasteiger partial charge in [-0.15, -0.1) is 10.2 Å². The molecule has 7 heteroatoms. The van der Waals surface area contributed by atoms with Gasteiger partial charge >= 0.3 is 0 Å². The normalized spacial score (nSPS) is 14.6. The number of aryl methyl sites for hydroxylation is 1. The molecular formula is C26H27N5OS. The number of aromatic nitrogens is 4. The maximum Gasteiger partial charge on any atom is 0.233 e. The third kappa shape index (κ3) is 5.09. The summed E-state index contributed by atoms with van der Waals surface area (Å²) in [6, 6.07) is 22.8. The van der Waals surface area contributed by atoms with Crippen LogP contribution in [-0.4, -0.2) is 49.5 Å². The lowest BCUT2D eigenvalue weighted by Crippen LogP contribution is -2.39. The first-order valence-electron chi connectivity index (χ1n) is 11.4. The molecule has 0 N–H and O–H groups in total. The summed E-state index contributed by atoms with van der Waals surface area (Å²) in [5, 5.41) is 13.8. The third-order valence-electron chi connectivity index (χ3n) is 6.24. The van der Waals surface area contributed by atoms with Gasteiger partial charge in [0.15, 0.2) is 5.65 Å². The number of piperidine rings is 1. The summed E-state index contributed by atoms with van der Waals surface area (Å²) in [4.78, 5) is 14.8. The number of benzene rings is 2. The first kappa shape index (κ1) is 21.6. The van der Waals surface area contributed by atoms with Crippen LogP contribution in [0.4, 0.5) is 0 Å². The number of thioether (sulfide) groups is 1. The van der Waals surface area contributed by atoms with Crippen molar-refractivity contribution in [2.45, 2.75) is 31.3 Å². The minimum absolute atomic E-state index is 0.157. The van der Waals surface area contributed by atoms with Gasteiger partial charge in [0.2, 0.25) is 11.1 Å². The topological polar surface area (TPSA) is 63.4 Å². The molecule has 2 aromatic carbocycles. The fraction of sp³-hybridized carbons (Fsp3) is 0.308. The van der Waals surface area contributed by atoms with Crippen LogP contribution in [0, 0.1) is 12.8 Å². The molecule has 0 aliphatic carbocycles. The molecular weight excluding hydrogens is 430 g/mol. The highest BCUT2D eigenvalue weighted by Crippen LogP contribution is 2.24. The second-order valence-corrected chi connectivity index (χ2v) is 9.58. The number of hydrogen-bond acceptors (Lipinski definition) is 5. The van der Waals surface area contributed by atoms with E-state index in [0.717, 1.165) is 43.6 Å². The Morgan fingerprint density at radius 2 is 1.73 bits per heavy atom. The van der Waals surface area contributed by atoms with Crippen LogP contribution >= 0.6 is 11.8 Å². The van der Waals surface area contributed by atoms with E-state index in [1.54, 1.807) is 4.52 Å². The smallest absolute Gasteiger partial charge is 0.233 e. The summed E-state index contributed by atoms with van der Waals surface area (Å²) in [5.41, 5.74) is 5.18. The predicted octanol–water partition coefficient (Wildman–Crippen LogP) is 4.67. The summed E-state index contributed by atoms with van der Waals surface area (Å²) >= 11 is 1.40. The summed E-state index contributed by atoms with van der Waals surface area (Å²) in [7, 11) is 0. The molecule has 5 rings (SSSR count). The Morgan fingerprint density at radius 1 is 0.970 bits per heavy atom. The maximum absolute atomic E-state index is 12.8. The van der Waals surface area contributed by atoms with Gasteiger partial charge in [0, 0.05) is 18.7 Å². The minimum atomic E-state index is 0.157. The second-order valence-electron chi connectivity index (χ2n) is 8.64. The van der Waals surface area contributed by atoms with Gasteiger partial charge in [0.25, 0.3) is 0 Å². The van der Waals surface area contributed by atoms with E-state index in [0.29, 0.717) is 22.5 Å². The number of rotatable bonds is 6. The van der Waals surface area contributed by atoms with Gasteiger partial charge in [-0.25, -0.2) is 0 Å². The molecule has 0 spiro atoms. The van der Waals surface area contributed by atoms with Crippen LogP contribution in [0.3, 0.4) is 0 Å². The van der Waals surface area contributed by atoms with Crippen LogP contribution in [-0.2, 0) is 11.2 Å². The molecule has 168 valence electrons. The number of fused-ring (bicyclic) bond motifs is 1. The molecule has 1 saturated heterocycles. The number of nitrogens with zero attached hydrogens (tertiary/aromatic N) is 5. The van der Waals surface area contributed by atoms with Gasteiger partial charge in [0.1, 0.15) is 0 Å². The number of hydrogen-bond donors (Lipinski definition) is 0. The molecule has 4 aromatic rings. The molecule has 1 aliphatic heterocycles. The first-order chi connectivity index (χ1) is 16.2. The number of likely N-dealkylation sites (tertiary alicyclic amines) is 1. The highest BCUT2D eigenvalue weighted by molar-refractivity contribution is 7.99. The third-order valence-corrected chi connectivity index (χ3v) is 7.14. The first-order valence-corrected chi connectivity index (χ1v) is 12.4. The van der Waals surface area contributed by atoms with E-state index in [1.807, 2.05) is 17.0 Å². The Hall–Kier alpha value is -3.19. The van der Waals surface area contributed by atoms with Gasteiger partial charge < -0.3 is 4.90 Å². The van der Waals surface area contributed by atoms with Crippen molar-refractivity contribution in [1.29, 1.82) is 0 Å². The lowest BCUT2D eigenvalue weighted by molar-refractivity contribution is -0.129. The molecule has 0 unspecified atom stereocenters. The molecule has 0 atom stereocenters. The molecule has 0 radical (unpaired) electrons. The van der Waals surface area contributed by atoms with E-state index in [-0.39, 0.29) is 5.91 Å². The Labute approximate surface area is 198 Å². The highest BCUT2D eigenvalue weighted by atomic mass is 32.2. The average molecular weight is 458 g/mol. The van der Waals surface area contributed by atoms with Crippen LogP contribution in [0.15, 0.2) is 71.9 Å². The fourth-order valence-corrected chi connectivity index (χ4v) is 5.08. The van der Waals surface area contributed by atoms with Crippen LogP contribution in [0.5, 0.6) is 0 Å². The van der Waals surface area contributed by atoms with Gasteiger partial charge in [-0.1, -0.05) is 71.9 Å². The Kier molecular flexibility index (Phi) is 6.39. The Bertz CT molecular complexity index is 1230. The van der Waals surface area contributed by atoms with Gasteiger partial charge in [-0.05, 0) is 49.8 Å². The van der Waals surface area contributed by atoms with E-state index in [2.05, 4.69) is 71.7 Å². The monoisotopic (exact) mass is 457 g/mol. The second kappa shape index (κ2) is 9.75. The lowest BCUT2D eigenvalue weighted by Gasteiger charge is -2.32. The SMILES string of the molecule is Cc1ccc(-c2ccc3nnc(SCC(=O)N4CCC(Cc5ccccc5)CC4)n3n2)cc1. The molecule has 0 saturated carbocycles. The predicted molar refractivity (Wildman–Crippen MR) is 131 cm³/mol. The van der Waals surface area contributed by atoms with Crippen molar-refractivity contribution in [1.82, 2.24) is 24.7 Å². The minimum Gasteiger partial charge on any atom is -0.342 e. The average Bonchev–Trinajstić information content (AvgIpc) is 3.26. The largest absolute Gasteiger partial charge is 0.342 e. The highest BCUT2D eigenvalue weighted by Gasteiger charge is 2.23. The van der Waals surface area contributed by atoms with Crippen molar-refractivity contribution in [2.75, 3.05) is 18.8 Å². The molecule has 6 nitrogen and oxygen atoms in total. The van der Waals surface area contributed by atoms with Gasteiger partial charge in [-0.2, -0.15) is 9.61 Å². The van der Waals surface area contributed by atoms with Crippen LogP contribution in [0.1, 0.15) is 24.0 Å². The Balaban J connectivity index is 1.19. The van der Waals surface area contributed by atoms with Crippen molar-refractivity contribution < 1.29 is 4.79 Å². The standard InChI is InChI=1S/C26H27N5OS/c1-19-7-9-22(10-8-19)23-11-12-24-27-28-26(31(24)29-23)33-18-25(32)30-15-13-21(14-16-30)17-20-5-3-2-4-6-20/h2-12,21H,13-18H2,1H3. The molecule has 1 fully saturated rings. The van der Waals surface area contributed by atoms with Crippen LogP contribution < -0.4 is 0 Å². The zero-order valence-corrected chi connectivity index (χ0v) is 19.5. The zero-order chi connectivity index (χ0) is 22.6. The summed E-state index contributed by atoms with van der Waals surface area (Å²) in [6.07, 6.45) is 3.21. The van der Waals surface area contributed by atoms with Crippen molar-refractivity contribution >= 4 is 23.3 Å². The quantitative estimate of drug-likeness (QED) is 0.394. The van der Waals surface area contributed by atoms with Crippen LogP contribution in [0.25, 0.3) is 16.9 Å². The van der Waals surface area contributed by atoms with Gasteiger partial charge in [-0.3, -0.25) is 4.79 Å². The van der Waals surface area contributed by atoms with E-state index in [1.165, 1.54) is 22.9 Å². The lowest BCUT2D eigenvalue weighted by atomic mass is 9.90. The number of carbonyl (C=O) groups excluding carboxylic acids is 1. The van der Waals surface area contributed by atoms with Gasteiger partial charge in [0.05, 0.1) is 11.4 Å². The number of amides is 1. The van der Waals surface area contributed by atoms with Crippen molar-refractivity contribution in [2.24, 2.45) is 5.92 Å². The van der Waals surface area contributed by atoms with E-state index >= 15 is 0 Å². The van der Waals surface area contributed by atoms with E-state index in [9.17, 15) is 4.79 Å². The van der Waals surface area contributed by atoms with Crippen molar-refractivity contribution in [3.63, 3.8) is 0 Å². The maximum atomic E-state index is 12.8. The van der Waals surface area contributed by atoms with Crippen LogP contribution in [0.2, 0.25) is 0 Å². The summed E-state index contributed by atoms with van der Waals surface area (Å²) in [5.74, 6) is 1.15. The zero-order valence-electron chi connectivity index (χ0n) is 18.7. The molecule has 33 heavy (non-hydrogen) atoms. The molecule has 1 amide bonds. The Morgan fingerprint density at radius 3 is 2.48 bits per heavy atom. The number of carbonyl (C=O) groups is 1. The molecule has 2 aromatic heterocycles. The molecule has 3 heterocycles. The molecule has 1 aliphatic rings. The van der Waals surface area contributed by atoms with E-state index < -0.39 is 0 Å². The fourth-order valence-electron chi connectivity index (χ4n) is 4.29. The van der Waals surface area contributed by atoms with Crippen molar-refractivity contribution in [3.05, 3.63) is 77.9 Å².